The van der Waals surface area contributed by atoms with E-state index in [1.165, 1.54) is 6.42 Å². The van der Waals surface area contributed by atoms with Crippen LogP contribution in [0.3, 0.4) is 0 Å². The summed E-state index contributed by atoms with van der Waals surface area (Å²) in [6.45, 7) is 5.81. The Kier molecular flexibility index (Phi) is 6.70. The van der Waals surface area contributed by atoms with Crippen molar-refractivity contribution in [2.45, 2.75) is 38.5 Å². The average Bonchev–Trinajstić information content (AvgIpc) is 2.88. The molecule has 1 unspecified atom stereocenters. The van der Waals surface area contributed by atoms with Gasteiger partial charge in [0.05, 0.1) is 11.3 Å². The number of rotatable bonds is 6. The summed E-state index contributed by atoms with van der Waals surface area (Å²) in [5.74, 6) is 1.09. The van der Waals surface area contributed by atoms with Crippen molar-refractivity contribution < 1.29 is 9.53 Å². The largest absolute Gasteiger partial charge is 0.462 e. The Hall–Kier alpha value is -2.37. The molecule has 1 saturated heterocycles. The molecule has 0 saturated carbocycles. The van der Waals surface area contributed by atoms with Gasteiger partial charge in [0.1, 0.15) is 17.2 Å². The lowest BCUT2D eigenvalue weighted by Crippen LogP contribution is -2.36. The summed E-state index contributed by atoms with van der Waals surface area (Å²) in [5.41, 5.74) is 2.57. The molecule has 4 rings (SSSR count). The summed E-state index contributed by atoms with van der Waals surface area (Å²) in [4.78, 5) is 21.8. The van der Waals surface area contributed by atoms with Crippen LogP contribution in [0.25, 0.3) is 0 Å². The number of aromatic nitrogens is 1. The summed E-state index contributed by atoms with van der Waals surface area (Å²) in [7, 11) is 0. The molecule has 30 heavy (non-hydrogen) atoms. The summed E-state index contributed by atoms with van der Waals surface area (Å²) in [6.07, 6.45) is 6.02. The van der Waals surface area contributed by atoms with Crippen LogP contribution in [0.15, 0.2) is 54.4 Å². The van der Waals surface area contributed by atoms with Crippen molar-refractivity contribution in [3.05, 3.63) is 70.8 Å². The van der Waals surface area contributed by atoms with E-state index in [0.29, 0.717) is 28.9 Å². The highest BCUT2D eigenvalue weighted by Crippen LogP contribution is 2.28. The van der Waals surface area contributed by atoms with Gasteiger partial charge in [-0.1, -0.05) is 29.8 Å². The van der Waals surface area contributed by atoms with Gasteiger partial charge in [0.2, 0.25) is 0 Å². The SMILES string of the molecule is CC1=COc2ccccc2C(=O)N1CCCCN1CCCC(c2cccc(Cl)n2)C1. The number of para-hydroxylation sites is 1. The van der Waals surface area contributed by atoms with E-state index in [2.05, 4.69) is 16.0 Å². The van der Waals surface area contributed by atoms with Crippen LogP contribution in [0.5, 0.6) is 5.75 Å². The van der Waals surface area contributed by atoms with Gasteiger partial charge in [-0.25, -0.2) is 4.98 Å². The maximum atomic E-state index is 12.9. The Balaban J connectivity index is 1.29. The molecule has 1 aromatic carbocycles. The third-order valence-electron chi connectivity index (χ3n) is 5.91. The number of ether oxygens (including phenoxy) is 1. The number of amides is 1. The van der Waals surface area contributed by atoms with Crippen LogP contribution in [-0.2, 0) is 0 Å². The normalized spacial score (nSPS) is 19.7. The smallest absolute Gasteiger partial charge is 0.261 e. The third kappa shape index (κ3) is 4.85. The van der Waals surface area contributed by atoms with Crippen molar-refractivity contribution in [2.24, 2.45) is 0 Å². The van der Waals surface area contributed by atoms with Gasteiger partial charge in [-0.05, 0) is 70.0 Å². The number of carbonyl (C=O) groups excluding carboxylic acids is 1. The Morgan fingerprint density at radius 1 is 1.13 bits per heavy atom. The Labute approximate surface area is 183 Å². The van der Waals surface area contributed by atoms with E-state index in [-0.39, 0.29) is 5.91 Å². The average molecular weight is 426 g/mol. The number of hydrogen-bond donors (Lipinski definition) is 0. The lowest BCUT2D eigenvalue weighted by molar-refractivity contribution is 0.0804. The highest BCUT2D eigenvalue weighted by Gasteiger charge is 2.25. The summed E-state index contributed by atoms with van der Waals surface area (Å²) in [5, 5.41) is 0.570. The maximum Gasteiger partial charge on any atom is 0.261 e. The first-order chi connectivity index (χ1) is 14.6. The molecule has 0 N–H and O–H groups in total. The third-order valence-corrected chi connectivity index (χ3v) is 6.12. The molecule has 2 aliphatic rings. The number of likely N-dealkylation sites (tertiary alicyclic amines) is 1. The number of allylic oxidation sites excluding steroid dienone is 1. The number of pyridine rings is 1. The fourth-order valence-electron chi connectivity index (χ4n) is 4.30. The number of benzene rings is 1. The van der Waals surface area contributed by atoms with Gasteiger partial charge in [-0.2, -0.15) is 0 Å². The first-order valence-corrected chi connectivity index (χ1v) is 11.1. The zero-order valence-electron chi connectivity index (χ0n) is 17.4. The van der Waals surface area contributed by atoms with Crippen LogP contribution < -0.4 is 4.74 Å². The molecule has 0 radical (unpaired) electrons. The van der Waals surface area contributed by atoms with Gasteiger partial charge in [-0.3, -0.25) is 4.79 Å². The minimum absolute atomic E-state index is 0.0157. The number of nitrogens with zero attached hydrogens (tertiary/aromatic N) is 3. The number of hydrogen-bond acceptors (Lipinski definition) is 4. The van der Waals surface area contributed by atoms with Crippen molar-refractivity contribution in [3.63, 3.8) is 0 Å². The fraction of sp³-hybridized carbons (Fsp3) is 0.417. The second-order valence-corrected chi connectivity index (χ2v) is 8.45. The number of piperidine rings is 1. The molecule has 2 aromatic rings. The molecule has 1 atom stereocenters. The number of unbranched alkanes of at least 4 members (excludes halogenated alkanes) is 1. The molecule has 0 bridgehead atoms. The standard InChI is InChI=1S/C24H28ClN3O2/c1-18-17-30-22-11-3-2-9-20(22)24(29)28(18)15-5-4-13-27-14-7-8-19(16-27)21-10-6-12-23(25)26-21/h2-3,6,9-12,17,19H,4-5,7-8,13-16H2,1H3. The molecule has 3 heterocycles. The number of halogens is 1. The van der Waals surface area contributed by atoms with Crippen molar-refractivity contribution >= 4 is 17.5 Å². The molecular weight excluding hydrogens is 398 g/mol. The topological polar surface area (TPSA) is 45.7 Å². The molecule has 5 nitrogen and oxygen atoms in total. The van der Waals surface area contributed by atoms with Crippen molar-refractivity contribution in [3.8, 4) is 5.75 Å². The molecule has 1 fully saturated rings. The van der Waals surface area contributed by atoms with Crippen LogP contribution in [0, 0.1) is 0 Å². The molecule has 6 heteroatoms. The molecule has 0 spiro atoms. The number of carbonyl (C=O) groups is 1. The summed E-state index contributed by atoms with van der Waals surface area (Å²) in [6, 6.07) is 13.3. The highest BCUT2D eigenvalue weighted by atomic mass is 35.5. The van der Waals surface area contributed by atoms with E-state index < -0.39 is 0 Å². The van der Waals surface area contributed by atoms with Gasteiger partial charge < -0.3 is 14.5 Å². The predicted molar refractivity (Wildman–Crippen MR) is 119 cm³/mol. The van der Waals surface area contributed by atoms with Crippen LogP contribution in [0.4, 0.5) is 0 Å². The molecule has 0 aliphatic carbocycles. The van der Waals surface area contributed by atoms with Crippen molar-refractivity contribution in [1.82, 2.24) is 14.8 Å². The first kappa shape index (κ1) is 20.9. The van der Waals surface area contributed by atoms with E-state index in [0.717, 1.165) is 50.3 Å². The van der Waals surface area contributed by atoms with Gasteiger partial charge >= 0.3 is 0 Å². The van der Waals surface area contributed by atoms with Gasteiger partial charge in [-0.15, -0.1) is 0 Å². The van der Waals surface area contributed by atoms with Crippen LogP contribution in [0.2, 0.25) is 5.15 Å². The van der Waals surface area contributed by atoms with Gasteiger partial charge in [0.15, 0.2) is 0 Å². The minimum Gasteiger partial charge on any atom is -0.462 e. The monoisotopic (exact) mass is 425 g/mol. The van der Waals surface area contributed by atoms with E-state index >= 15 is 0 Å². The Morgan fingerprint density at radius 2 is 1.97 bits per heavy atom. The van der Waals surface area contributed by atoms with Crippen LogP contribution >= 0.6 is 11.6 Å². The Bertz CT molecular complexity index is 930. The van der Waals surface area contributed by atoms with E-state index in [1.807, 2.05) is 48.2 Å². The summed E-state index contributed by atoms with van der Waals surface area (Å²) >= 11 is 6.07. The van der Waals surface area contributed by atoms with Crippen molar-refractivity contribution in [2.75, 3.05) is 26.2 Å². The maximum absolute atomic E-state index is 12.9. The fourth-order valence-corrected chi connectivity index (χ4v) is 4.47. The second kappa shape index (κ2) is 9.63. The van der Waals surface area contributed by atoms with Gasteiger partial charge in [0, 0.05) is 24.7 Å². The van der Waals surface area contributed by atoms with Gasteiger partial charge in [0.25, 0.3) is 5.91 Å². The zero-order chi connectivity index (χ0) is 20.9. The van der Waals surface area contributed by atoms with Crippen molar-refractivity contribution in [1.29, 1.82) is 0 Å². The number of fused-ring (bicyclic) bond motifs is 1. The molecule has 1 aromatic heterocycles. The minimum atomic E-state index is 0.0157. The molecule has 1 amide bonds. The first-order valence-electron chi connectivity index (χ1n) is 10.7. The van der Waals surface area contributed by atoms with E-state index in [4.69, 9.17) is 16.3 Å². The predicted octanol–water partition coefficient (Wildman–Crippen LogP) is 5.09. The second-order valence-electron chi connectivity index (χ2n) is 8.06. The highest BCUT2D eigenvalue weighted by molar-refractivity contribution is 6.29. The van der Waals surface area contributed by atoms with Crippen LogP contribution in [0.1, 0.15) is 54.6 Å². The van der Waals surface area contributed by atoms with Crippen LogP contribution in [-0.4, -0.2) is 46.9 Å². The molecule has 2 aliphatic heterocycles. The summed E-state index contributed by atoms with van der Waals surface area (Å²) < 4.78 is 5.68. The lowest BCUT2D eigenvalue weighted by atomic mass is 9.94. The van der Waals surface area contributed by atoms with E-state index in [9.17, 15) is 4.79 Å². The zero-order valence-corrected chi connectivity index (χ0v) is 18.1. The quantitative estimate of drug-likeness (QED) is 0.477. The molecule has 158 valence electrons. The Morgan fingerprint density at radius 3 is 2.83 bits per heavy atom. The van der Waals surface area contributed by atoms with E-state index in [1.54, 1.807) is 6.26 Å². The molecular formula is C24H28ClN3O2. The lowest BCUT2D eigenvalue weighted by Gasteiger charge is -2.32.